The van der Waals surface area contributed by atoms with E-state index in [9.17, 15) is 9.59 Å². The average molecular weight is 316 g/mol. The monoisotopic (exact) mass is 315 g/mol. The molecule has 7 heteroatoms. The molecule has 0 saturated carbocycles. The van der Waals surface area contributed by atoms with Crippen molar-refractivity contribution in [1.29, 1.82) is 0 Å². The van der Waals surface area contributed by atoms with E-state index < -0.39 is 5.97 Å². The molecule has 21 heavy (non-hydrogen) atoms. The van der Waals surface area contributed by atoms with Crippen molar-refractivity contribution in [2.45, 2.75) is 6.54 Å². The standard InChI is InChI=1S/C14H18ClNO5/c1-20-6-7-21-10-13(17)16(9-14(18)19)8-11-2-4-12(15)5-3-11/h2-5H,6-10H2,1H3,(H,18,19). The lowest BCUT2D eigenvalue weighted by atomic mass is 10.2. The van der Waals surface area contributed by atoms with Crippen molar-refractivity contribution in [3.63, 3.8) is 0 Å². The van der Waals surface area contributed by atoms with Crippen LogP contribution in [0.1, 0.15) is 5.56 Å². The highest BCUT2D eigenvalue weighted by atomic mass is 35.5. The summed E-state index contributed by atoms with van der Waals surface area (Å²) >= 11 is 5.79. The van der Waals surface area contributed by atoms with E-state index in [-0.39, 0.29) is 32.2 Å². The number of nitrogens with zero attached hydrogens (tertiary/aromatic N) is 1. The molecule has 0 saturated heterocycles. The summed E-state index contributed by atoms with van der Waals surface area (Å²) in [6.07, 6.45) is 0. The number of carboxylic acids is 1. The Balaban J connectivity index is 2.59. The topological polar surface area (TPSA) is 76.1 Å². The van der Waals surface area contributed by atoms with Gasteiger partial charge in [0.15, 0.2) is 0 Å². The zero-order valence-electron chi connectivity index (χ0n) is 11.8. The molecule has 0 atom stereocenters. The molecule has 1 aromatic carbocycles. The Morgan fingerprint density at radius 1 is 1.24 bits per heavy atom. The van der Waals surface area contributed by atoms with Gasteiger partial charge in [0.25, 0.3) is 0 Å². The van der Waals surface area contributed by atoms with Crippen LogP contribution in [-0.4, -0.2) is 55.4 Å². The molecule has 0 spiro atoms. The normalized spacial score (nSPS) is 10.4. The first kappa shape index (κ1) is 17.4. The molecule has 1 N–H and O–H groups in total. The summed E-state index contributed by atoms with van der Waals surface area (Å²) in [4.78, 5) is 24.1. The number of carboxylic acid groups (broad SMARTS) is 1. The number of rotatable bonds is 9. The molecule has 1 aromatic rings. The Morgan fingerprint density at radius 2 is 1.90 bits per heavy atom. The zero-order valence-corrected chi connectivity index (χ0v) is 12.5. The minimum Gasteiger partial charge on any atom is -0.480 e. The quantitative estimate of drug-likeness (QED) is 0.697. The van der Waals surface area contributed by atoms with Gasteiger partial charge in [-0.05, 0) is 17.7 Å². The van der Waals surface area contributed by atoms with Gasteiger partial charge in [0.2, 0.25) is 5.91 Å². The summed E-state index contributed by atoms with van der Waals surface area (Å²) in [5, 5.41) is 9.47. The van der Waals surface area contributed by atoms with Gasteiger partial charge in [-0.15, -0.1) is 0 Å². The lowest BCUT2D eigenvalue weighted by Gasteiger charge is -2.21. The molecule has 0 radical (unpaired) electrons. The number of carbonyl (C=O) groups is 2. The Kier molecular flexibility index (Phi) is 7.74. The van der Waals surface area contributed by atoms with Crippen molar-refractivity contribution in [1.82, 2.24) is 4.90 Å². The van der Waals surface area contributed by atoms with Gasteiger partial charge in [-0.1, -0.05) is 23.7 Å². The predicted octanol–water partition coefficient (Wildman–Crippen LogP) is 1.42. The number of amides is 1. The van der Waals surface area contributed by atoms with E-state index in [0.29, 0.717) is 11.6 Å². The van der Waals surface area contributed by atoms with Crippen LogP contribution in [-0.2, 0) is 25.6 Å². The molecule has 0 bridgehead atoms. The Bertz CT molecular complexity index is 463. The number of benzene rings is 1. The summed E-state index contributed by atoms with van der Waals surface area (Å²) < 4.78 is 9.92. The minimum atomic E-state index is -1.07. The molecule has 0 unspecified atom stereocenters. The second-order valence-electron chi connectivity index (χ2n) is 4.32. The third kappa shape index (κ3) is 7.08. The van der Waals surface area contributed by atoms with Crippen molar-refractivity contribution >= 4 is 23.5 Å². The lowest BCUT2D eigenvalue weighted by Crippen LogP contribution is -2.37. The van der Waals surface area contributed by atoms with E-state index in [1.54, 1.807) is 24.3 Å². The van der Waals surface area contributed by atoms with Gasteiger partial charge in [-0.3, -0.25) is 9.59 Å². The first-order chi connectivity index (χ1) is 10.0. The number of ether oxygens (including phenoxy) is 2. The lowest BCUT2D eigenvalue weighted by molar-refractivity contribution is -0.147. The Labute approximate surface area is 128 Å². The van der Waals surface area contributed by atoms with Crippen LogP contribution in [0.3, 0.4) is 0 Å². The first-order valence-electron chi connectivity index (χ1n) is 6.33. The van der Waals surface area contributed by atoms with Gasteiger partial charge in [-0.25, -0.2) is 0 Å². The fourth-order valence-corrected chi connectivity index (χ4v) is 1.72. The maximum Gasteiger partial charge on any atom is 0.323 e. The van der Waals surface area contributed by atoms with Crippen molar-refractivity contribution in [2.24, 2.45) is 0 Å². The Hall–Kier alpha value is -1.63. The molecule has 0 fully saturated rings. The molecule has 0 heterocycles. The number of aliphatic carboxylic acids is 1. The molecule has 116 valence electrons. The first-order valence-corrected chi connectivity index (χ1v) is 6.71. The maximum absolute atomic E-state index is 12.0. The van der Waals surface area contributed by atoms with Gasteiger partial charge in [0.05, 0.1) is 13.2 Å². The van der Waals surface area contributed by atoms with Crippen molar-refractivity contribution in [3.05, 3.63) is 34.9 Å². The summed E-state index contributed by atoms with van der Waals surface area (Å²) in [6, 6.07) is 6.87. The van der Waals surface area contributed by atoms with Crippen LogP contribution in [0.15, 0.2) is 24.3 Å². The third-order valence-corrected chi connectivity index (χ3v) is 2.87. The fourth-order valence-electron chi connectivity index (χ4n) is 1.60. The highest BCUT2D eigenvalue weighted by molar-refractivity contribution is 6.30. The number of hydrogen-bond acceptors (Lipinski definition) is 4. The van der Waals surface area contributed by atoms with Crippen LogP contribution in [0.25, 0.3) is 0 Å². The molecule has 0 aromatic heterocycles. The third-order valence-electron chi connectivity index (χ3n) is 2.62. The van der Waals surface area contributed by atoms with Crippen molar-refractivity contribution < 1.29 is 24.2 Å². The number of halogens is 1. The molecule has 6 nitrogen and oxygen atoms in total. The van der Waals surface area contributed by atoms with Crippen LogP contribution >= 0.6 is 11.6 Å². The van der Waals surface area contributed by atoms with Gasteiger partial charge in [0.1, 0.15) is 13.2 Å². The number of carbonyl (C=O) groups excluding carboxylic acids is 1. The van der Waals surface area contributed by atoms with Crippen LogP contribution < -0.4 is 0 Å². The van der Waals surface area contributed by atoms with Gasteiger partial charge >= 0.3 is 5.97 Å². The van der Waals surface area contributed by atoms with Crippen molar-refractivity contribution in [3.8, 4) is 0 Å². The van der Waals surface area contributed by atoms with Crippen molar-refractivity contribution in [2.75, 3.05) is 33.5 Å². The summed E-state index contributed by atoms with van der Waals surface area (Å²) in [5.74, 6) is -1.46. The molecule has 0 aliphatic heterocycles. The SMILES string of the molecule is COCCOCC(=O)N(CC(=O)O)Cc1ccc(Cl)cc1. The molecule has 1 amide bonds. The molecule has 1 rings (SSSR count). The predicted molar refractivity (Wildman–Crippen MR) is 77.2 cm³/mol. The molecular weight excluding hydrogens is 298 g/mol. The summed E-state index contributed by atoms with van der Waals surface area (Å²) in [5.41, 5.74) is 0.797. The smallest absolute Gasteiger partial charge is 0.323 e. The minimum absolute atomic E-state index is 0.176. The van der Waals surface area contributed by atoms with E-state index in [0.717, 1.165) is 5.56 Å². The highest BCUT2D eigenvalue weighted by Crippen LogP contribution is 2.11. The summed E-state index contributed by atoms with van der Waals surface area (Å²) in [7, 11) is 1.53. The second-order valence-corrected chi connectivity index (χ2v) is 4.75. The second kappa shape index (κ2) is 9.33. The van der Waals surface area contributed by atoms with Crippen LogP contribution in [0.4, 0.5) is 0 Å². The van der Waals surface area contributed by atoms with E-state index in [4.69, 9.17) is 26.2 Å². The average Bonchev–Trinajstić information content (AvgIpc) is 2.44. The van der Waals surface area contributed by atoms with Gasteiger partial charge < -0.3 is 19.5 Å². The fraction of sp³-hybridized carbons (Fsp3) is 0.429. The zero-order chi connectivity index (χ0) is 15.7. The highest BCUT2D eigenvalue weighted by Gasteiger charge is 2.17. The van der Waals surface area contributed by atoms with Crippen LogP contribution in [0, 0.1) is 0 Å². The van der Waals surface area contributed by atoms with Crippen LogP contribution in [0.2, 0.25) is 5.02 Å². The van der Waals surface area contributed by atoms with E-state index in [1.165, 1.54) is 12.0 Å². The largest absolute Gasteiger partial charge is 0.480 e. The van der Waals surface area contributed by atoms with E-state index >= 15 is 0 Å². The van der Waals surface area contributed by atoms with Gasteiger partial charge in [-0.2, -0.15) is 0 Å². The van der Waals surface area contributed by atoms with Crippen LogP contribution in [0.5, 0.6) is 0 Å². The van der Waals surface area contributed by atoms with E-state index in [1.807, 2.05) is 0 Å². The van der Waals surface area contributed by atoms with Gasteiger partial charge in [0, 0.05) is 18.7 Å². The van der Waals surface area contributed by atoms with E-state index in [2.05, 4.69) is 0 Å². The molecule has 0 aliphatic rings. The molecule has 0 aliphatic carbocycles. The Morgan fingerprint density at radius 3 is 2.48 bits per heavy atom. The molecular formula is C14H18ClNO5. The number of methoxy groups -OCH3 is 1. The summed E-state index contributed by atoms with van der Waals surface area (Å²) in [6.45, 7) is 0.294. The maximum atomic E-state index is 12.0. The number of hydrogen-bond donors (Lipinski definition) is 1.